The van der Waals surface area contributed by atoms with Crippen molar-refractivity contribution in [2.24, 2.45) is 0 Å². The van der Waals surface area contributed by atoms with E-state index in [0.29, 0.717) is 24.2 Å². The highest BCUT2D eigenvalue weighted by molar-refractivity contribution is 5.94. The molecule has 0 saturated carbocycles. The molecule has 0 unspecified atom stereocenters. The molecule has 2 aromatic carbocycles. The third kappa shape index (κ3) is 3.91. The van der Waals surface area contributed by atoms with Crippen molar-refractivity contribution >= 4 is 5.91 Å². The summed E-state index contributed by atoms with van der Waals surface area (Å²) in [6.07, 6.45) is 0.888. The lowest BCUT2D eigenvalue weighted by molar-refractivity contribution is 0.0743. The number of benzene rings is 2. The van der Waals surface area contributed by atoms with Gasteiger partial charge in [-0.15, -0.1) is 0 Å². The van der Waals surface area contributed by atoms with E-state index in [1.807, 2.05) is 42.2 Å². The minimum atomic E-state index is -0.281. The summed E-state index contributed by atoms with van der Waals surface area (Å²) in [5, 5.41) is 0. The molecule has 0 aromatic heterocycles. The summed E-state index contributed by atoms with van der Waals surface area (Å²) in [5.74, 6) is -0.333. The van der Waals surface area contributed by atoms with Crippen LogP contribution in [0.5, 0.6) is 0 Å². The van der Waals surface area contributed by atoms with Crippen LogP contribution in [0.2, 0.25) is 0 Å². The maximum atomic E-state index is 13.3. The van der Waals surface area contributed by atoms with Gasteiger partial charge in [-0.25, -0.2) is 4.39 Å². The molecule has 0 spiro atoms. The van der Waals surface area contributed by atoms with Crippen molar-refractivity contribution in [1.82, 2.24) is 4.90 Å². The lowest BCUT2D eigenvalue weighted by atomic mass is 10.1. The summed E-state index contributed by atoms with van der Waals surface area (Å²) in [7, 11) is 0. The van der Waals surface area contributed by atoms with Gasteiger partial charge in [0.15, 0.2) is 0 Å². The first-order valence-electron chi connectivity index (χ1n) is 7.21. The number of hydrogen-bond donors (Lipinski definition) is 0. The van der Waals surface area contributed by atoms with Gasteiger partial charge in [0.05, 0.1) is 0 Å². The van der Waals surface area contributed by atoms with Gasteiger partial charge in [-0.1, -0.05) is 37.3 Å². The molecule has 0 aliphatic rings. The number of hydrogen-bond acceptors (Lipinski definition) is 1. The van der Waals surface area contributed by atoms with E-state index in [4.69, 9.17) is 0 Å². The third-order valence-electron chi connectivity index (χ3n) is 3.40. The molecule has 1 amide bonds. The van der Waals surface area contributed by atoms with Crippen molar-refractivity contribution in [3.63, 3.8) is 0 Å². The second-order valence-corrected chi connectivity index (χ2v) is 5.18. The molecule has 0 bridgehead atoms. The van der Waals surface area contributed by atoms with Crippen LogP contribution >= 0.6 is 0 Å². The van der Waals surface area contributed by atoms with Gasteiger partial charge in [-0.3, -0.25) is 4.79 Å². The fourth-order valence-electron chi connectivity index (χ4n) is 2.29. The van der Waals surface area contributed by atoms with Crippen LogP contribution < -0.4 is 0 Å². The Kier molecular flexibility index (Phi) is 5.09. The van der Waals surface area contributed by atoms with Crippen LogP contribution in [0.3, 0.4) is 0 Å². The van der Waals surface area contributed by atoms with E-state index in [9.17, 15) is 9.18 Å². The number of aryl methyl sites for hydroxylation is 1. The Labute approximate surface area is 125 Å². The van der Waals surface area contributed by atoms with E-state index in [0.717, 1.165) is 12.0 Å². The zero-order chi connectivity index (χ0) is 15.2. The molecular weight excluding hydrogens is 265 g/mol. The first kappa shape index (κ1) is 15.2. The molecule has 2 aromatic rings. The van der Waals surface area contributed by atoms with Crippen LogP contribution in [-0.2, 0) is 6.54 Å². The van der Waals surface area contributed by atoms with Crippen molar-refractivity contribution < 1.29 is 9.18 Å². The molecule has 3 heteroatoms. The van der Waals surface area contributed by atoms with Crippen LogP contribution in [-0.4, -0.2) is 17.4 Å². The highest BCUT2D eigenvalue weighted by Crippen LogP contribution is 2.14. The largest absolute Gasteiger partial charge is 0.334 e. The average Bonchev–Trinajstić information content (AvgIpc) is 2.50. The summed E-state index contributed by atoms with van der Waals surface area (Å²) in [6, 6.07) is 14.4. The normalized spacial score (nSPS) is 10.4. The number of rotatable bonds is 5. The smallest absolute Gasteiger partial charge is 0.254 e. The molecule has 0 saturated heterocycles. The number of carbonyl (C=O) groups excluding carboxylic acids is 1. The van der Waals surface area contributed by atoms with Gasteiger partial charge in [-0.05, 0) is 42.7 Å². The van der Waals surface area contributed by atoms with E-state index < -0.39 is 0 Å². The number of carbonyl (C=O) groups is 1. The molecule has 2 nitrogen and oxygen atoms in total. The third-order valence-corrected chi connectivity index (χ3v) is 3.40. The Morgan fingerprint density at radius 2 is 1.86 bits per heavy atom. The fraction of sp³-hybridized carbons (Fsp3) is 0.278. The van der Waals surface area contributed by atoms with Crippen LogP contribution in [0.15, 0.2) is 48.5 Å². The van der Waals surface area contributed by atoms with Gasteiger partial charge in [-0.2, -0.15) is 0 Å². The summed E-state index contributed by atoms with van der Waals surface area (Å²) in [4.78, 5) is 14.4. The second kappa shape index (κ2) is 7.02. The lowest BCUT2D eigenvalue weighted by Crippen LogP contribution is -2.31. The minimum Gasteiger partial charge on any atom is -0.334 e. The molecule has 0 heterocycles. The molecule has 21 heavy (non-hydrogen) atoms. The van der Waals surface area contributed by atoms with Crippen molar-refractivity contribution in [3.8, 4) is 0 Å². The lowest BCUT2D eigenvalue weighted by Gasteiger charge is -2.22. The zero-order valence-corrected chi connectivity index (χ0v) is 12.5. The Morgan fingerprint density at radius 1 is 1.14 bits per heavy atom. The number of amides is 1. The quantitative estimate of drug-likeness (QED) is 0.806. The minimum absolute atomic E-state index is 0.0520. The van der Waals surface area contributed by atoms with Crippen molar-refractivity contribution in [2.45, 2.75) is 26.8 Å². The van der Waals surface area contributed by atoms with Crippen molar-refractivity contribution in [2.75, 3.05) is 6.54 Å². The van der Waals surface area contributed by atoms with Crippen LogP contribution in [0.1, 0.15) is 34.8 Å². The Bertz CT molecular complexity index is 610. The number of nitrogens with zero attached hydrogens (tertiary/aromatic N) is 1. The second-order valence-electron chi connectivity index (χ2n) is 5.18. The first-order chi connectivity index (χ1) is 10.1. The van der Waals surface area contributed by atoms with Gasteiger partial charge < -0.3 is 4.90 Å². The highest BCUT2D eigenvalue weighted by Gasteiger charge is 2.16. The van der Waals surface area contributed by atoms with Crippen molar-refractivity contribution in [3.05, 3.63) is 71.0 Å². The predicted octanol–water partition coefficient (Wildman–Crippen LogP) is 4.19. The van der Waals surface area contributed by atoms with E-state index in [2.05, 4.69) is 0 Å². The highest BCUT2D eigenvalue weighted by atomic mass is 19.1. The molecule has 0 atom stereocenters. The van der Waals surface area contributed by atoms with Gasteiger partial charge >= 0.3 is 0 Å². The molecule has 0 N–H and O–H groups in total. The van der Waals surface area contributed by atoms with Gasteiger partial charge in [0.1, 0.15) is 5.82 Å². The van der Waals surface area contributed by atoms with Crippen LogP contribution in [0.25, 0.3) is 0 Å². The van der Waals surface area contributed by atoms with Crippen LogP contribution in [0.4, 0.5) is 4.39 Å². The maximum absolute atomic E-state index is 13.3. The molecule has 2 rings (SSSR count). The molecule has 0 aliphatic carbocycles. The summed E-state index contributed by atoms with van der Waals surface area (Å²) >= 11 is 0. The summed E-state index contributed by atoms with van der Waals surface area (Å²) < 4.78 is 13.3. The average molecular weight is 285 g/mol. The van der Waals surface area contributed by atoms with E-state index >= 15 is 0 Å². The monoisotopic (exact) mass is 285 g/mol. The zero-order valence-electron chi connectivity index (χ0n) is 12.5. The summed E-state index contributed by atoms with van der Waals surface area (Å²) in [5.41, 5.74) is 2.13. The predicted molar refractivity (Wildman–Crippen MR) is 82.6 cm³/mol. The number of halogens is 1. The maximum Gasteiger partial charge on any atom is 0.254 e. The molecule has 110 valence electrons. The molecule has 0 fully saturated rings. The molecule has 0 radical (unpaired) electrons. The van der Waals surface area contributed by atoms with Crippen LogP contribution in [0, 0.1) is 12.7 Å². The molecule has 0 aliphatic heterocycles. The first-order valence-corrected chi connectivity index (χ1v) is 7.21. The Balaban J connectivity index is 2.20. The Hall–Kier alpha value is -2.16. The van der Waals surface area contributed by atoms with E-state index in [1.165, 1.54) is 6.07 Å². The SMILES string of the molecule is CCCN(Cc1ccccc1)C(=O)c1ccc(F)c(C)c1. The topological polar surface area (TPSA) is 20.3 Å². The standard InChI is InChI=1S/C18H20FNO/c1-3-11-20(13-15-7-5-4-6-8-15)18(21)16-9-10-17(19)14(2)12-16/h4-10,12H,3,11,13H2,1-2H3. The van der Waals surface area contributed by atoms with E-state index in [-0.39, 0.29) is 11.7 Å². The summed E-state index contributed by atoms with van der Waals surface area (Å²) in [6.45, 7) is 4.97. The van der Waals surface area contributed by atoms with E-state index in [1.54, 1.807) is 19.1 Å². The van der Waals surface area contributed by atoms with Gasteiger partial charge in [0.25, 0.3) is 5.91 Å². The Morgan fingerprint density at radius 3 is 2.48 bits per heavy atom. The van der Waals surface area contributed by atoms with Gasteiger partial charge in [0.2, 0.25) is 0 Å². The fourth-order valence-corrected chi connectivity index (χ4v) is 2.29. The van der Waals surface area contributed by atoms with Gasteiger partial charge in [0, 0.05) is 18.7 Å². The molecular formula is C18H20FNO. The van der Waals surface area contributed by atoms with Crippen molar-refractivity contribution in [1.29, 1.82) is 0 Å².